The highest BCUT2D eigenvalue weighted by molar-refractivity contribution is 6.02. The van der Waals surface area contributed by atoms with Gasteiger partial charge in [-0.05, 0) is 36.4 Å². The standard InChI is InChI=1S/C16H11FN2O2/c17-13-6-2-1-5-12(13)14-7-8-15(21-14)16(20)19-11-4-3-9-18-10-11/h1-10H,(H,19,20). The first-order valence-corrected chi connectivity index (χ1v) is 6.30. The lowest BCUT2D eigenvalue weighted by molar-refractivity contribution is 0.0997. The van der Waals surface area contributed by atoms with Crippen molar-refractivity contribution >= 4 is 11.6 Å². The molecule has 0 aliphatic carbocycles. The molecule has 0 radical (unpaired) electrons. The molecule has 3 rings (SSSR count). The summed E-state index contributed by atoms with van der Waals surface area (Å²) in [6, 6.07) is 12.7. The van der Waals surface area contributed by atoms with E-state index in [0.717, 1.165) is 0 Å². The van der Waals surface area contributed by atoms with Gasteiger partial charge in [0.15, 0.2) is 5.76 Å². The molecule has 5 heteroatoms. The van der Waals surface area contributed by atoms with Crippen molar-refractivity contribution in [2.45, 2.75) is 0 Å². The van der Waals surface area contributed by atoms with E-state index in [1.54, 1.807) is 42.6 Å². The van der Waals surface area contributed by atoms with Crippen LogP contribution < -0.4 is 5.32 Å². The normalized spacial score (nSPS) is 10.3. The first-order valence-electron chi connectivity index (χ1n) is 6.30. The number of aromatic nitrogens is 1. The van der Waals surface area contributed by atoms with Gasteiger partial charge in [-0.1, -0.05) is 12.1 Å². The molecule has 0 unspecified atom stereocenters. The summed E-state index contributed by atoms with van der Waals surface area (Å²) < 4.78 is 19.1. The Labute approximate surface area is 120 Å². The summed E-state index contributed by atoms with van der Waals surface area (Å²) in [5, 5.41) is 2.65. The van der Waals surface area contributed by atoms with Crippen LogP contribution in [0, 0.1) is 5.82 Å². The molecule has 21 heavy (non-hydrogen) atoms. The van der Waals surface area contributed by atoms with E-state index in [9.17, 15) is 9.18 Å². The fourth-order valence-corrected chi connectivity index (χ4v) is 1.90. The molecule has 0 spiro atoms. The fraction of sp³-hybridized carbons (Fsp3) is 0. The highest BCUT2D eigenvalue weighted by Crippen LogP contribution is 2.25. The van der Waals surface area contributed by atoms with Crippen molar-refractivity contribution in [3.8, 4) is 11.3 Å². The van der Waals surface area contributed by atoms with Crippen molar-refractivity contribution in [1.82, 2.24) is 4.98 Å². The molecule has 4 nitrogen and oxygen atoms in total. The van der Waals surface area contributed by atoms with Gasteiger partial charge in [0, 0.05) is 6.20 Å². The zero-order valence-electron chi connectivity index (χ0n) is 10.9. The van der Waals surface area contributed by atoms with Gasteiger partial charge in [0.05, 0.1) is 17.4 Å². The molecule has 2 heterocycles. The van der Waals surface area contributed by atoms with E-state index in [-0.39, 0.29) is 5.76 Å². The zero-order valence-corrected chi connectivity index (χ0v) is 10.9. The number of pyridine rings is 1. The molecule has 1 aromatic carbocycles. The second-order valence-corrected chi connectivity index (χ2v) is 4.34. The van der Waals surface area contributed by atoms with Crippen LogP contribution in [0.2, 0.25) is 0 Å². The number of hydrogen-bond acceptors (Lipinski definition) is 3. The number of furan rings is 1. The Bertz CT molecular complexity index is 769. The molecule has 0 aliphatic heterocycles. The molecule has 0 atom stereocenters. The van der Waals surface area contributed by atoms with Crippen LogP contribution in [0.25, 0.3) is 11.3 Å². The van der Waals surface area contributed by atoms with E-state index >= 15 is 0 Å². The lowest BCUT2D eigenvalue weighted by atomic mass is 10.1. The number of amides is 1. The number of benzene rings is 1. The van der Waals surface area contributed by atoms with Crippen LogP contribution in [0.15, 0.2) is 65.3 Å². The number of nitrogens with zero attached hydrogens (tertiary/aromatic N) is 1. The van der Waals surface area contributed by atoms with Crippen LogP contribution >= 0.6 is 0 Å². The number of carbonyl (C=O) groups excluding carboxylic acids is 1. The summed E-state index contributed by atoms with van der Waals surface area (Å²) in [7, 11) is 0. The van der Waals surface area contributed by atoms with Crippen LogP contribution in [0.4, 0.5) is 10.1 Å². The molecule has 1 amide bonds. The molecule has 104 valence electrons. The van der Waals surface area contributed by atoms with E-state index in [2.05, 4.69) is 10.3 Å². The van der Waals surface area contributed by atoms with Gasteiger partial charge in [0.1, 0.15) is 11.6 Å². The maximum atomic E-state index is 13.7. The molecule has 3 aromatic rings. The predicted molar refractivity (Wildman–Crippen MR) is 76.3 cm³/mol. The van der Waals surface area contributed by atoms with Crippen molar-refractivity contribution in [3.05, 3.63) is 72.5 Å². The number of anilines is 1. The van der Waals surface area contributed by atoms with Crippen LogP contribution in [0.1, 0.15) is 10.6 Å². The van der Waals surface area contributed by atoms with E-state index < -0.39 is 11.7 Å². The Hall–Kier alpha value is -2.95. The summed E-state index contributed by atoms with van der Waals surface area (Å²) >= 11 is 0. The lowest BCUT2D eigenvalue weighted by Gasteiger charge is -2.02. The van der Waals surface area contributed by atoms with Crippen molar-refractivity contribution in [3.63, 3.8) is 0 Å². The Kier molecular flexibility index (Phi) is 3.47. The van der Waals surface area contributed by atoms with Crippen molar-refractivity contribution in [2.24, 2.45) is 0 Å². The SMILES string of the molecule is O=C(Nc1cccnc1)c1ccc(-c2ccccc2F)o1. The third-order valence-corrected chi connectivity index (χ3v) is 2.89. The third-order valence-electron chi connectivity index (χ3n) is 2.89. The summed E-state index contributed by atoms with van der Waals surface area (Å²) in [5.41, 5.74) is 0.879. The Morgan fingerprint density at radius 1 is 1.10 bits per heavy atom. The van der Waals surface area contributed by atoms with Crippen molar-refractivity contribution < 1.29 is 13.6 Å². The fourth-order valence-electron chi connectivity index (χ4n) is 1.90. The van der Waals surface area contributed by atoms with Crippen LogP contribution in [0.5, 0.6) is 0 Å². The number of halogens is 1. The molecule has 0 fully saturated rings. The van der Waals surface area contributed by atoms with Gasteiger partial charge in [-0.2, -0.15) is 0 Å². The predicted octanol–water partition coefficient (Wildman–Crippen LogP) is 3.73. The number of rotatable bonds is 3. The zero-order chi connectivity index (χ0) is 14.7. The Morgan fingerprint density at radius 2 is 1.95 bits per heavy atom. The molecule has 1 N–H and O–H groups in total. The molecule has 0 aliphatic rings. The largest absolute Gasteiger partial charge is 0.451 e. The van der Waals surface area contributed by atoms with Crippen LogP contribution in [-0.4, -0.2) is 10.9 Å². The second-order valence-electron chi connectivity index (χ2n) is 4.34. The van der Waals surface area contributed by atoms with Gasteiger partial charge in [0.25, 0.3) is 5.91 Å². The summed E-state index contributed by atoms with van der Waals surface area (Å²) in [6.07, 6.45) is 3.14. The summed E-state index contributed by atoms with van der Waals surface area (Å²) in [5.74, 6) is -0.391. The van der Waals surface area contributed by atoms with E-state index in [1.807, 2.05) is 0 Å². The minimum Gasteiger partial charge on any atom is -0.451 e. The maximum Gasteiger partial charge on any atom is 0.291 e. The number of carbonyl (C=O) groups is 1. The summed E-state index contributed by atoms with van der Waals surface area (Å²) in [6.45, 7) is 0. The smallest absolute Gasteiger partial charge is 0.291 e. The maximum absolute atomic E-state index is 13.7. The first-order chi connectivity index (χ1) is 10.2. The van der Waals surface area contributed by atoms with E-state index in [1.165, 1.54) is 18.3 Å². The van der Waals surface area contributed by atoms with E-state index in [0.29, 0.717) is 17.0 Å². The average Bonchev–Trinajstić information content (AvgIpc) is 2.98. The van der Waals surface area contributed by atoms with Gasteiger partial charge in [-0.3, -0.25) is 9.78 Å². The minimum atomic E-state index is -0.411. The van der Waals surface area contributed by atoms with Crippen molar-refractivity contribution in [1.29, 1.82) is 0 Å². The highest BCUT2D eigenvalue weighted by atomic mass is 19.1. The third kappa shape index (κ3) is 2.81. The molecular formula is C16H11FN2O2. The molecular weight excluding hydrogens is 271 g/mol. The minimum absolute atomic E-state index is 0.108. The van der Waals surface area contributed by atoms with E-state index in [4.69, 9.17) is 4.42 Å². The topological polar surface area (TPSA) is 55.1 Å². The Morgan fingerprint density at radius 3 is 2.71 bits per heavy atom. The Balaban J connectivity index is 1.82. The molecule has 0 saturated heterocycles. The van der Waals surface area contributed by atoms with Gasteiger partial charge in [0.2, 0.25) is 0 Å². The van der Waals surface area contributed by atoms with Crippen molar-refractivity contribution in [2.75, 3.05) is 5.32 Å². The first kappa shape index (κ1) is 13.1. The lowest BCUT2D eigenvalue weighted by Crippen LogP contribution is -2.10. The quantitative estimate of drug-likeness (QED) is 0.796. The molecule has 0 saturated carbocycles. The van der Waals surface area contributed by atoms with Crippen LogP contribution in [0.3, 0.4) is 0 Å². The number of nitrogens with one attached hydrogen (secondary N) is 1. The second kappa shape index (κ2) is 5.58. The molecule has 0 bridgehead atoms. The number of hydrogen-bond donors (Lipinski definition) is 1. The van der Waals surface area contributed by atoms with Gasteiger partial charge in [-0.15, -0.1) is 0 Å². The van der Waals surface area contributed by atoms with Gasteiger partial charge < -0.3 is 9.73 Å². The van der Waals surface area contributed by atoms with Gasteiger partial charge >= 0.3 is 0 Å². The monoisotopic (exact) mass is 282 g/mol. The highest BCUT2D eigenvalue weighted by Gasteiger charge is 2.14. The summed E-state index contributed by atoms with van der Waals surface area (Å²) in [4.78, 5) is 15.9. The average molecular weight is 282 g/mol. The van der Waals surface area contributed by atoms with Crippen LogP contribution in [-0.2, 0) is 0 Å². The van der Waals surface area contributed by atoms with Gasteiger partial charge in [-0.25, -0.2) is 4.39 Å². The molecule has 2 aromatic heterocycles.